The number of carbonyl (C=O) groups is 3. The van der Waals surface area contributed by atoms with Gasteiger partial charge >= 0.3 is 12.1 Å². The zero-order valence-electron chi connectivity index (χ0n) is 22.1. The van der Waals surface area contributed by atoms with Crippen LogP contribution in [0, 0.1) is 0 Å². The van der Waals surface area contributed by atoms with E-state index >= 15 is 0 Å². The summed E-state index contributed by atoms with van der Waals surface area (Å²) in [6.45, 7) is 7.64. The number of nitrogens with one attached hydrogen (secondary N) is 2. The number of hydrogen-bond donors (Lipinski definition) is 2. The number of morpholine rings is 1. The fourth-order valence-corrected chi connectivity index (χ4v) is 5.06. The lowest BCUT2D eigenvalue weighted by Gasteiger charge is -2.39. The van der Waals surface area contributed by atoms with Gasteiger partial charge in [0, 0.05) is 71.0 Å². The lowest BCUT2D eigenvalue weighted by molar-refractivity contribution is 0.0428. The maximum atomic E-state index is 13.2. The topological polar surface area (TPSA) is 107 Å². The van der Waals surface area contributed by atoms with Crippen LogP contribution < -0.4 is 15.5 Å². The van der Waals surface area contributed by atoms with E-state index in [4.69, 9.17) is 9.47 Å². The first-order chi connectivity index (χ1) is 19.1. The highest BCUT2D eigenvalue weighted by Gasteiger charge is 2.28. The van der Waals surface area contributed by atoms with Crippen LogP contribution in [0.4, 0.5) is 21.0 Å². The Kier molecular flexibility index (Phi) is 8.79. The molecule has 0 aliphatic carbocycles. The molecule has 3 saturated heterocycles. The number of benzene rings is 2. The van der Waals surface area contributed by atoms with Crippen LogP contribution in [0.5, 0.6) is 0 Å². The predicted molar refractivity (Wildman–Crippen MR) is 147 cm³/mol. The molecule has 0 spiro atoms. The molecule has 3 heterocycles. The van der Waals surface area contributed by atoms with Gasteiger partial charge in [0.2, 0.25) is 0 Å². The minimum absolute atomic E-state index is 0.0396. The average molecular weight is 537 g/mol. The van der Waals surface area contributed by atoms with E-state index in [0.29, 0.717) is 76.8 Å². The molecular formula is C28H36N6O5. The van der Waals surface area contributed by atoms with Crippen molar-refractivity contribution in [2.24, 2.45) is 0 Å². The summed E-state index contributed by atoms with van der Waals surface area (Å²) in [6.07, 6.45) is -0.590. The smallest absolute Gasteiger partial charge is 0.412 e. The van der Waals surface area contributed by atoms with Crippen LogP contribution >= 0.6 is 0 Å². The van der Waals surface area contributed by atoms with E-state index in [2.05, 4.69) is 15.5 Å². The molecule has 11 nitrogen and oxygen atoms in total. The van der Waals surface area contributed by atoms with E-state index in [-0.39, 0.29) is 18.5 Å². The van der Waals surface area contributed by atoms with Gasteiger partial charge in [-0.2, -0.15) is 0 Å². The van der Waals surface area contributed by atoms with Gasteiger partial charge in [0.15, 0.2) is 0 Å². The molecule has 39 heavy (non-hydrogen) atoms. The summed E-state index contributed by atoms with van der Waals surface area (Å²) in [5.41, 5.74) is 2.71. The molecule has 0 atom stereocenters. The zero-order valence-corrected chi connectivity index (χ0v) is 22.1. The van der Waals surface area contributed by atoms with Crippen molar-refractivity contribution in [3.63, 3.8) is 0 Å². The van der Waals surface area contributed by atoms with E-state index in [1.165, 1.54) is 0 Å². The Morgan fingerprint density at radius 1 is 0.821 bits per heavy atom. The van der Waals surface area contributed by atoms with Crippen molar-refractivity contribution in [2.75, 3.05) is 88.9 Å². The van der Waals surface area contributed by atoms with Gasteiger partial charge in [-0.05, 0) is 23.8 Å². The Balaban J connectivity index is 1.29. The van der Waals surface area contributed by atoms with Gasteiger partial charge < -0.3 is 34.4 Å². The number of hydrogen-bond acceptors (Lipinski definition) is 7. The standard InChI is InChI=1S/C28H36N6O5/c35-26(32-10-8-29-9-11-32)23-6-7-25(24(20-23)30-27(36)39-21-22-4-2-1-3-5-22)31-12-14-33(15-13-31)28(37)34-16-18-38-19-17-34/h1-7,20,29H,8-19,21H2,(H,30,36). The number of ether oxygens (including phenoxy) is 2. The number of amides is 4. The molecule has 3 fully saturated rings. The Hall–Kier alpha value is -3.83. The third kappa shape index (κ3) is 6.79. The number of rotatable bonds is 5. The van der Waals surface area contributed by atoms with E-state index in [1.54, 1.807) is 6.07 Å². The maximum Gasteiger partial charge on any atom is 0.412 e. The third-order valence-electron chi connectivity index (χ3n) is 7.27. The van der Waals surface area contributed by atoms with Crippen molar-refractivity contribution in [3.8, 4) is 0 Å². The van der Waals surface area contributed by atoms with Crippen LogP contribution in [0.15, 0.2) is 48.5 Å². The molecule has 5 rings (SSSR count). The predicted octanol–water partition coefficient (Wildman–Crippen LogP) is 2.05. The SMILES string of the molecule is O=C(Nc1cc(C(=O)N2CCNCC2)ccc1N1CCN(C(=O)N2CCOCC2)CC1)OCc1ccccc1. The second-order valence-electron chi connectivity index (χ2n) is 9.82. The minimum atomic E-state index is -0.590. The summed E-state index contributed by atoms with van der Waals surface area (Å²) in [5.74, 6) is -0.0651. The van der Waals surface area contributed by atoms with Gasteiger partial charge in [-0.1, -0.05) is 30.3 Å². The Morgan fingerprint density at radius 3 is 2.23 bits per heavy atom. The summed E-state index contributed by atoms with van der Waals surface area (Å²) in [7, 11) is 0. The van der Waals surface area contributed by atoms with Crippen LogP contribution in [0.2, 0.25) is 0 Å². The highest BCUT2D eigenvalue weighted by atomic mass is 16.5. The minimum Gasteiger partial charge on any atom is -0.444 e. The molecule has 0 radical (unpaired) electrons. The van der Waals surface area contributed by atoms with Crippen LogP contribution in [-0.2, 0) is 16.1 Å². The molecule has 11 heteroatoms. The molecule has 2 aromatic carbocycles. The Bertz CT molecular complexity index is 1140. The van der Waals surface area contributed by atoms with Gasteiger partial charge in [0.25, 0.3) is 5.91 Å². The molecule has 0 saturated carbocycles. The zero-order chi connectivity index (χ0) is 27.0. The first-order valence-corrected chi connectivity index (χ1v) is 13.6. The lowest BCUT2D eigenvalue weighted by atomic mass is 10.1. The van der Waals surface area contributed by atoms with Gasteiger partial charge in [-0.15, -0.1) is 0 Å². The molecule has 3 aliphatic rings. The monoisotopic (exact) mass is 536 g/mol. The maximum absolute atomic E-state index is 13.2. The van der Waals surface area contributed by atoms with E-state index in [1.807, 2.05) is 57.2 Å². The quantitative estimate of drug-likeness (QED) is 0.603. The molecular weight excluding hydrogens is 500 g/mol. The highest BCUT2D eigenvalue weighted by Crippen LogP contribution is 2.29. The van der Waals surface area contributed by atoms with Crippen LogP contribution in [0.25, 0.3) is 0 Å². The number of nitrogens with zero attached hydrogens (tertiary/aromatic N) is 4. The van der Waals surface area contributed by atoms with Gasteiger partial charge in [0.05, 0.1) is 24.6 Å². The molecule has 0 unspecified atom stereocenters. The van der Waals surface area contributed by atoms with Crippen molar-refractivity contribution < 1.29 is 23.9 Å². The molecule has 0 bridgehead atoms. The van der Waals surface area contributed by atoms with Gasteiger partial charge in [0.1, 0.15) is 6.61 Å². The first-order valence-electron chi connectivity index (χ1n) is 13.6. The molecule has 2 aromatic rings. The van der Waals surface area contributed by atoms with Crippen LogP contribution in [-0.4, -0.2) is 111 Å². The first kappa shape index (κ1) is 26.8. The molecule has 208 valence electrons. The third-order valence-corrected chi connectivity index (χ3v) is 7.27. The normalized spacial score (nSPS) is 18.1. The molecule has 0 aromatic heterocycles. The van der Waals surface area contributed by atoms with Crippen LogP contribution in [0.3, 0.4) is 0 Å². The molecule has 3 aliphatic heterocycles. The molecule has 4 amide bonds. The van der Waals surface area contributed by atoms with Crippen molar-refractivity contribution in [3.05, 3.63) is 59.7 Å². The summed E-state index contributed by atoms with van der Waals surface area (Å²) in [5, 5.41) is 6.13. The highest BCUT2D eigenvalue weighted by molar-refractivity contribution is 5.98. The van der Waals surface area contributed by atoms with Crippen LogP contribution in [0.1, 0.15) is 15.9 Å². The fraction of sp³-hybridized carbons (Fsp3) is 0.464. The second-order valence-corrected chi connectivity index (χ2v) is 9.82. The summed E-state index contributed by atoms with van der Waals surface area (Å²) >= 11 is 0. The summed E-state index contributed by atoms with van der Waals surface area (Å²) < 4.78 is 10.8. The largest absolute Gasteiger partial charge is 0.444 e. The van der Waals surface area contributed by atoms with E-state index in [9.17, 15) is 14.4 Å². The number of piperazine rings is 2. The number of urea groups is 1. The Morgan fingerprint density at radius 2 is 1.51 bits per heavy atom. The average Bonchev–Trinajstić information content (AvgIpc) is 3.01. The van der Waals surface area contributed by atoms with Crippen molar-refractivity contribution in [2.45, 2.75) is 6.61 Å². The summed E-state index contributed by atoms with van der Waals surface area (Å²) in [4.78, 5) is 46.6. The van der Waals surface area contributed by atoms with Gasteiger partial charge in [-0.3, -0.25) is 10.1 Å². The van der Waals surface area contributed by atoms with Crippen molar-refractivity contribution >= 4 is 29.4 Å². The van der Waals surface area contributed by atoms with Gasteiger partial charge in [-0.25, -0.2) is 9.59 Å². The molecule has 2 N–H and O–H groups in total. The Labute approximate surface area is 228 Å². The van der Waals surface area contributed by atoms with E-state index < -0.39 is 6.09 Å². The van der Waals surface area contributed by atoms with E-state index in [0.717, 1.165) is 24.3 Å². The second kappa shape index (κ2) is 12.8. The van der Waals surface area contributed by atoms with Crippen molar-refractivity contribution in [1.82, 2.24) is 20.0 Å². The lowest BCUT2D eigenvalue weighted by Crippen LogP contribution is -2.55. The van der Waals surface area contributed by atoms with Crippen molar-refractivity contribution in [1.29, 1.82) is 0 Å². The summed E-state index contributed by atoms with van der Waals surface area (Å²) in [6, 6.07) is 14.9. The fourth-order valence-electron chi connectivity index (χ4n) is 5.06. The number of anilines is 2. The number of carbonyl (C=O) groups excluding carboxylic acids is 3.